The number of amides is 2. The van der Waals surface area contributed by atoms with Crippen LogP contribution >= 0.6 is 34.8 Å². The molecule has 6 nitrogen and oxygen atoms in total. The molecule has 2 amide bonds. The maximum Gasteiger partial charge on any atom is 0.262 e. The Bertz CT molecular complexity index is 898. The second-order valence-electron chi connectivity index (χ2n) is 6.57. The van der Waals surface area contributed by atoms with Crippen LogP contribution in [0, 0.1) is 0 Å². The number of carbonyl (C=O) groups is 2. The summed E-state index contributed by atoms with van der Waals surface area (Å²) < 4.78 is 5.43. The fourth-order valence-electron chi connectivity index (χ4n) is 2.99. The Morgan fingerprint density at radius 2 is 1.59 bits per heavy atom. The summed E-state index contributed by atoms with van der Waals surface area (Å²) in [5.74, 6) is 0.0679. The highest BCUT2D eigenvalue weighted by Gasteiger charge is 2.18. The second-order valence-corrected chi connectivity index (χ2v) is 7.80. The number of benzene rings is 2. The number of anilines is 2. The van der Waals surface area contributed by atoms with Gasteiger partial charge in [0, 0.05) is 50.5 Å². The minimum atomic E-state index is -0.324. The van der Waals surface area contributed by atoms with Crippen molar-refractivity contribution < 1.29 is 14.3 Å². The van der Waals surface area contributed by atoms with E-state index in [0.29, 0.717) is 28.8 Å². The van der Waals surface area contributed by atoms with Gasteiger partial charge in [0.05, 0.1) is 15.1 Å². The van der Waals surface area contributed by atoms with Crippen molar-refractivity contribution in [2.45, 2.75) is 6.92 Å². The molecule has 0 radical (unpaired) electrons. The van der Waals surface area contributed by atoms with Crippen molar-refractivity contribution >= 4 is 58.0 Å². The Morgan fingerprint density at radius 3 is 2.21 bits per heavy atom. The molecular weight excluding hydrogens is 437 g/mol. The molecule has 154 valence electrons. The van der Waals surface area contributed by atoms with E-state index in [1.165, 1.54) is 12.1 Å². The van der Waals surface area contributed by atoms with Gasteiger partial charge < -0.3 is 19.9 Å². The SMILES string of the molecule is CC(=O)N1CCN(c2ccc(NC(=O)COc3cc(Cl)c(Cl)cc3Cl)cc2)CC1. The first kappa shape index (κ1) is 21.6. The molecule has 1 saturated heterocycles. The van der Waals surface area contributed by atoms with E-state index < -0.39 is 0 Å². The van der Waals surface area contributed by atoms with Crippen molar-refractivity contribution in [3.05, 3.63) is 51.5 Å². The van der Waals surface area contributed by atoms with Crippen LogP contribution in [0.2, 0.25) is 15.1 Å². The molecule has 1 fully saturated rings. The van der Waals surface area contributed by atoms with Gasteiger partial charge in [-0.05, 0) is 30.3 Å². The predicted molar refractivity (Wildman–Crippen MR) is 117 cm³/mol. The van der Waals surface area contributed by atoms with Crippen LogP contribution in [0.3, 0.4) is 0 Å². The van der Waals surface area contributed by atoms with Crippen LogP contribution in [0.15, 0.2) is 36.4 Å². The van der Waals surface area contributed by atoms with Crippen molar-refractivity contribution in [2.24, 2.45) is 0 Å². The Balaban J connectivity index is 1.51. The van der Waals surface area contributed by atoms with Crippen molar-refractivity contribution in [3.63, 3.8) is 0 Å². The third-order valence-electron chi connectivity index (χ3n) is 4.57. The van der Waals surface area contributed by atoms with E-state index in [0.717, 1.165) is 18.8 Å². The standard InChI is InChI=1S/C20H20Cl3N3O3/c1-13(27)25-6-8-26(9-7-25)15-4-2-14(3-5-15)24-20(28)12-29-19-11-17(22)16(21)10-18(19)23/h2-5,10-11H,6-9,12H2,1H3,(H,24,28). The molecule has 2 aromatic carbocycles. The highest BCUT2D eigenvalue weighted by molar-refractivity contribution is 6.43. The average molecular weight is 457 g/mol. The summed E-state index contributed by atoms with van der Waals surface area (Å²) in [6, 6.07) is 10.5. The monoisotopic (exact) mass is 455 g/mol. The van der Waals surface area contributed by atoms with E-state index in [2.05, 4.69) is 10.2 Å². The first-order chi connectivity index (χ1) is 13.8. The third kappa shape index (κ3) is 5.69. The molecule has 1 heterocycles. The van der Waals surface area contributed by atoms with Crippen molar-refractivity contribution in [1.29, 1.82) is 0 Å². The number of nitrogens with one attached hydrogen (secondary N) is 1. The van der Waals surface area contributed by atoms with E-state index in [-0.39, 0.29) is 29.2 Å². The number of hydrogen-bond donors (Lipinski definition) is 1. The van der Waals surface area contributed by atoms with Gasteiger partial charge in [-0.1, -0.05) is 34.8 Å². The van der Waals surface area contributed by atoms with Crippen LogP contribution in [0.25, 0.3) is 0 Å². The van der Waals surface area contributed by atoms with E-state index in [1.54, 1.807) is 6.92 Å². The van der Waals surface area contributed by atoms with Gasteiger partial charge in [0.15, 0.2) is 6.61 Å². The number of rotatable bonds is 5. The van der Waals surface area contributed by atoms with Crippen LogP contribution in [-0.2, 0) is 9.59 Å². The molecule has 1 aliphatic heterocycles. The lowest BCUT2D eigenvalue weighted by Gasteiger charge is -2.35. The zero-order chi connectivity index (χ0) is 21.0. The molecule has 3 rings (SSSR count). The first-order valence-corrected chi connectivity index (χ1v) is 10.1. The molecule has 0 aliphatic carbocycles. The highest BCUT2D eigenvalue weighted by atomic mass is 35.5. The second kappa shape index (κ2) is 9.57. The quantitative estimate of drug-likeness (QED) is 0.680. The Morgan fingerprint density at radius 1 is 0.966 bits per heavy atom. The van der Waals surface area contributed by atoms with Gasteiger partial charge in [0.25, 0.3) is 5.91 Å². The maximum absolute atomic E-state index is 12.1. The zero-order valence-electron chi connectivity index (χ0n) is 15.8. The molecule has 1 aliphatic rings. The number of carbonyl (C=O) groups excluding carboxylic acids is 2. The van der Waals surface area contributed by atoms with Gasteiger partial charge >= 0.3 is 0 Å². The van der Waals surface area contributed by atoms with Crippen LogP contribution in [0.5, 0.6) is 5.75 Å². The van der Waals surface area contributed by atoms with Gasteiger partial charge in [0.1, 0.15) is 5.75 Å². The summed E-state index contributed by atoms with van der Waals surface area (Å²) in [5, 5.41) is 3.66. The topological polar surface area (TPSA) is 61.9 Å². The lowest BCUT2D eigenvalue weighted by Crippen LogP contribution is -2.48. The van der Waals surface area contributed by atoms with Crippen LogP contribution in [0.4, 0.5) is 11.4 Å². The molecule has 2 aromatic rings. The summed E-state index contributed by atoms with van der Waals surface area (Å²) in [5.41, 5.74) is 1.70. The summed E-state index contributed by atoms with van der Waals surface area (Å²) in [4.78, 5) is 27.6. The zero-order valence-corrected chi connectivity index (χ0v) is 18.0. The van der Waals surface area contributed by atoms with Gasteiger partial charge in [-0.25, -0.2) is 0 Å². The molecule has 0 aromatic heterocycles. The summed E-state index contributed by atoms with van der Waals surface area (Å²) in [7, 11) is 0. The molecular formula is C20H20Cl3N3O3. The molecule has 0 spiro atoms. The largest absolute Gasteiger partial charge is 0.482 e. The van der Waals surface area contributed by atoms with Gasteiger partial charge in [-0.15, -0.1) is 0 Å². The van der Waals surface area contributed by atoms with Crippen LogP contribution in [0.1, 0.15) is 6.92 Å². The number of nitrogens with zero attached hydrogens (tertiary/aromatic N) is 2. The fraction of sp³-hybridized carbons (Fsp3) is 0.300. The van der Waals surface area contributed by atoms with E-state index in [1.807, 2.05) is 29.2 Å². The fourth-order valence-corrected chi connectivity index (χ4v) is 3.58. The predicted octanol–water partition coefficient (Wildman–Crippen LogP) is 4.33. The van der Waals surface area contributed by atoms with Gasteiger partial charge in [-0.2, -0.15) is 0 Å². The Hall–Kier alpha value is -2.15. The normalized spacial score (nSPS) is 13.9. The summed E-state index contributed by atoms with van der Waals surface area (Å²) in [6.45, 7) is 4.36. The van der Waals surface area contributed by atoms with E-state index in [4.69, 9.17) is 39.5 Å². The highest BCUT2D eigenvalue weighted by Crippen LogP contribution is 2.33. The average Bonchev–Trinajstić information content (AvgIpc) is 2.70. The number of hydrogen-bond acceptors (Lipinski definition) is 4. The molecule has 0 atom stereocenters. The van der Waals surface area contributed by atoms with Gasteiger partial charge in [0.2, 0.25) is 5.91 Å². The lowest BCUT2D eigenvalue weighted by molar-refractivity contribution is -0.129. The van der Waals surface area contributed by atoms with Crippen molar-refractivity contribution in [3.8, 4) is 5.75 Å². The lowest BCUT2D eigenvalue weighted by atomic mass is 10.2. The van der Waals surface area contributed by atoms with Crippen molar-refractivity contribution in [1.82, 2.24) is 4.90 Å². The van der Waals surface area contributed by atoms with E-state index in [9.17, 15) is 9.59 Å². The molecule has 0 saturated carbocycles. The Labute approximate surface area is 184 Å². The summed E-state index contributed by atoms with van der Waals surface area (Å²) >= 11 is 17.8. The molecule has 9 heteroatoms. The van der Waals surface area contributed by atoms with Crippen LogP contribution < -0.4 is 15.0 Å². The van der Waals surface area contributed by atoms with Crippen molar-refractivity contribution in [2.75, 3.05) is 43.0 Å². The number of halogens is 3. The van der Waals surface area contributed by atoms with E-state index >= 15 is 0 Å². The number of piperazine rings is 1. The number of ether oxygens (including phenoxy) is 1. The molecule has 29 heavy (non-hydrogen) atoms. The smallest absolute Gasteiger partial charge is 0.262 e. The summed E-state index contributed by atoms with van der Waals surface area (Å²) in [6.07, 6.45) is 0. The molecule has 0 unspecified atom stereocenters. The van der Waals surface area contributed by atoms with Gasteiger partial charge in [-0.3, -0.25) is 9.59 Å². The minimum Gasteiger partial charge on any atom is -0.482 e. The minimum absolute atomic E-state index is 0.104. The Kier molecular flexibility index (Phi) is 7.11. The maximum atomic E-state index is 12.1. The van der Waals surface area contributed by atoms with Crippen LogP contribution in [-0.4, -0.2) is 49.5 Å². The molecule has 0 bridgehead atoms. The first-order valence-electron chi connectivity index (χ1n) is 9.01. The third-order valence-corrected chi connectivity index (χ3v) is 5.59. The molecule has 1 N–H and O–H groups in total.